The molecule has 1 aromatic rings. The van der Waals surface area contributed by atoms with Crippen LogP contribution in [0, 0.1) is 6.92 Å². The van der Waals surface area contributed by atoms with Crippen molar-refractivity contribution < 1.29 is 22.6 Å². The van der Waals surface area contributed by atoms with Gasteiger partial charge in [0.2, 0.25) is 0 Å². The number of aliphatic hydroxyl groups is 1. The van der Waals surface area contributed by atoms with E-state index in [9.17, 15) is 13.0 Å². The van der Waals surface area contributed by atoms with Crippen LogP contribution in [0.2, 0.25) is 0 Å². The fraction of sp³-hybridized carbons (Fsp3) is 0.538. The molecule has 114 valence electrons. The second kappa shape index (κ2) is 6.91. The zero-order valence-electron chi connectivity index (χ0n) is 11.9. The van der Waals surface area contributed by atoms with Crippen LogP contribution in [-0.2, 0) is 10.1 Å². The highest BCUT2D eigenvalue weighted by Crippen LogP contribution is 2.24. The Bertz CT molecular complexity index is 526. The molecule has 1 N–H and O–H groups in total. The predicted octanol–water partition coefficient (Wildman–Crippen LogP) is 1.03. The molecule has 0 amide bonds. The largest absolute Gasteiger partial charge is 0.744 e. The molecular weight excluding hydrogens is 298 g/mol. The van der Waals surface area contributed by atoms with E-state index in [1.165, 1.54) is 12.1 Å². The van der Waals surface area contributed by atoms with Crippen LogP contribution in [0.15, 0.2) is 29.2 Å². The Balaban J connectivity index is 0.000000204. The summed E-state index contributed by atoms with van der Waals surface area (Å²) in [6, 6.07) is 6.25. The summed E-state index contributed by atoms with van der Waals surface area (Å²) in [5.74, 6) is 2.26. The van der Waals surface area contributed by atoms with Crippen molar-refractivity contribution >= 4 is 21.9 Å². The summed E-state index contributed by atoms with van der Waals surface area (Å²) in [5, 5.41) is 8.87. The number of likely N-dealkylation sites (N-methyl/N-ethyl adjacent to an activating group) is 1. The molecule has 5 nitrogen and oxygen atoms in total. The van der Waals surface area contributed by atoms with Crippen LogP contribution in [0.1, 0.15) is 5.56 Å². The van der Waals surface area contributed by atoms with E-state index < -0.39 is 10.1 Å². The summed E-state index contributed by atoms with van der Waals surface area (Å²) in [4.78, 5) is -0.178. The average molecular weight is 319 g/mol. The van der Waals surface area contributed by atoms with Crippen LogP contribution >= 0.6 is 11.8 Å². The van der Waals surface area contributed by atoms with Crippen LogP contribution in [0.4, 0.5) is 0 Å². The molecule has 2 rings (SSSR count). The van der Waals surface area contributed by atoms with Gasteiger partial charge in [-0.2, -0.15) is 0 Å². The molecule has 1 atom stereocenters. The highest BCUT2D eigenvalue weighted by Gasteiger charge is 2.33. The maximum Gasteiger partial charge on any atom is 0.125 e. The first-order valence-electron chi connectivity index (χ1n) is 6.20. The van der Waals surface area contributed by atoms with Gasteiger partial charge in [-0.3, -0.25) is 0 Å². The minimum atomic E-state index is -4.27. The number of thioether (sulfide) groups is 1. The van der Waals surface area contributed by atoms with Gasteiger partial charge in [-0.1, -0.05) is 29.5 Å². The summed E-state index contributed by atoms with van der Waals surface area (Å²) >= 11 is 1.93. The summed E-state index contributed by atoms with van der Waals surface area (Å²) in [6.45, 7) is 2.15. The normalized spacial score (nSPS) is 21.1. The van der Waals surface area contributed by atoms with E-state index in [1.54, 1.807) is 12.1 Å². The fourth-order valence-corrected chi connectivity index (χ4v) is 3.75. The molecule has 1 aliphatic rings. The first-order valence-corrected chi connectivity index (χ1v) is 8.77. The molecule has 0 spiro atoms. The van der Waals surface area contributed by atoms with Gasteiger partial charge in [0.1, 0.15) is 22.0 Å². The quantitative estimate of drug-likeness (QED) is 0.651. The zero-order valence-corrected chi connectivity index (χ0v) is 13.6. The minimum absolute atomic E-state index is 0.178. The first kappa shape index (κ1) is 17.5. The Kier molecular flexibility index (Phi) is 6.03. The summed E-state index contributed by atoms with van der Waals surface area (Å²) in [5.41, 5.74) is 0.928. The van der Waals surface area contributed by atoms with Gasteiger partial charge in [0, 0.05) is 0 Å². The van der Waals surface area contributed by atoms with Crippen molar-refractivity contribution in [2.24, 2.45) is 0 Å². The number of rotatable bonds is 2. The molecule has 1 heterocycles. The fourth-order valence-electron chi connectivity index (χ4n) is 1.71. The van der Waals surface area contributed by atoms with Crippen molar-refractivity contribution in [3.8, 4) is 0 Å². The Morgan fingerprint density at radius 3 is 2.20 bits per heavy atom. The second-order valence-corrected chi connectivity index (χ2v) is 7.76. The van der Waals surface area contributed by atoms with Crippen molar-refractivity contribution in [2.45, 2.75) is 17.9 Å². The Hall–Kier alpha value is -0.600. The number of aryl methyl sites for hydroxylation is 1. The molecular formula is C13H21NO4S2. The van der Waals surface area contributed by atoms with E-state index in [2.05, 4.69) is 14.1 Å². The lowest BCUT2D eigenvalue weighted by Crippen LogP contribution is -2.46. The van der Waals surface area contributed by atoms with Crippen molar-refractivity contribution in [3.63, 3.8) is 0 Å². The van der Waals surface area contributed by atoms with E-state index in [1.807, 2.05) is 18.7 Å². The Labute approximate surface area is 125 Å². The summed E-state index contributed by atoms with van der Waals surface area (Å²) in [7, 11) is 0.0655. The van der Waals surface area contributed by atoms with Gasteiger partial charge in [0.05, 0.1) is 31.4 Å². The standard InChI is InChI=1S/C7H8O3S.C6H14NOS/c1-6-2-4-7(5-3-6)11(8,9)10;1-7(2)5-9-4-6(7)3-8/h2-5H,1H3,(H,8,9,10);6,8H,3-5H2,1-2H3/q;+1/p-1/t;6-/m.1/s1. The van der Waals surface area contributed by atoms with E-state index >= 15 is 0 Å². The molecule has 0 bridgehead atoms. The number of nitrogens with zero attached hydrogens (tertiary/aromatic N) is 1. The van der Waals surface area contributed by atoms with Crippen LogP contribution in [0.3, 0.4) is 0 Å². The lowest BCUT2D eigenvalue weighted by molar-refractivity contribution is -0.895. The molecule has 7 heteroatoms. The average Bonchev–Trinajstić information content (AvgIpc) is 2.68. The third kappa shape index (κ3) is 5.06. The number of hydrogen-bond acceptors (Lipinski definition) is 5. The molecule has 20 heavy (non-hydrogen) atoms. The molecule has 0 radical (unpaired) electrons. The van der Waals surface area contributed by atoms with E-state index in [4.69, 9.17) is 5.11 Å². The van der Waals surface area contributed by atoms with Gasteiger partial charge >= 0.3 is 0 Å². The van der Waals surface area contributed by atoms with E-state index in [-0.39, 0.29) is 4.90 Å². The molecule has 1 fully saturated rings. The van der Waals surface area contributed by atoms with Crippen LogP contribution < -0.4 is 0 Å². The maximum absolute atomic E-state index is 10.4. The summed E-state index contributed by atoms with van der Waals surface area (Å²) in [6.07, 6.45) is 0. The summed E-state index contributed by atoms with van der Waals surface area (Å²) < 4.78 is 32.1. The third-order valence-electron chi connectivity index (χ3n) is 3.24. The third-order valence-corrected chi connectivity index (χ3v) is 5.56. The minimum Gasteiger partial charge on any atom is -0.744 e. The first-order chi connectivity index (χ1) is 9.16. The van der Waals surface area contributed by atoms with Gasteiger partial charge in [0.15, 0.2) is 0 Å². The molecule has 0 saturated carbocycles. The van der Waals surface area contributed by atoms with Crippen molar-refractivity contribution in [2.75, 3.05) is 32.3 Å². The molecule has 1 saturated heterocycles. The number of hydrogen-bond donors (Lipinski definition) is 1. The lowest BCUT2D eigenvalue weighted by atomic mass is 10.2. The van der Waals surface area contributed by atoms with Crippen LogP contribution in [0.25, 0.3) is 0 Å². The smallest absolute Gasteiger partial charge is 0.125 e. The number of aliphatic hydroxyl groups excluding tert-OH is 1. The molecule has 0 aliphatic carbocycles. The van der Waals surface area contributed by atoms with Gasteiger partial charge in [-0.05, 0) is 19.1 Å². The lowest BCUT2D eigenvalue weighted by Gasteiger charge is -2.28. The Morgan fingerprint density at radius 1 is 1.35 bits per heavy atom. The highest BCUT2D eigenvalue weighted by atomic mass is 32.2. The molecule has 0 aromatic heterocycles. The maximum atomic E-state index is 10.4. The van der Waals surface area contributed by atoms with Crippen molar-refractivity contribution in [1.29, 1.82) is 0 Å². The van der Waals surface area contributed by atoms with Gasteiger partial charge in [-0.15, -0.1) is 0 Å². The number of quaternary nitrogens is 1. The second-order valence-electron chi connectivity index (χ2n) is 5.38. The molecule has 1 aliphatic heterocycles. The van der Waals surface area contributed by atoms with Crippen molar-refractivity contribution in [3.05, 3.63) is 29.8 Å². The highest BCUT2D eigenvalue weighted by molar-refractivity contribution is 7.99. The number of benzene rings is 1. The van der Waals surface area contributed by atoms with Gasteiger partial charge < -0.3 is 14.1 Å². The molecule has 1 aromatic carbocycles. The van der Waals surface area contributed by atoms with E-state index in [0.717, 1.165) is 21.7 Å². The SMILES string of the molecule is C[N+]1(C)CSC[C@H]1CO.Cc1ccc(S(=O)(=O)[O-])cc1. The predicted molar refractivity (Wildman–Crippen MR) is 79.4 cm³/mol. The van der Waals surface area contributed by atoms with Crippen molar-refractivity contribution in [1.82, 2.24) is 0 Å². The van der Waals surface area contributed by atoms with Crippen LogP contribution in [0.5, 0.6) is 0 Å². The van der Waals surface area contributed by atoms with Crippen LogP contribution in [-0.4, -0.2) is 60.9 Å². The van der Waals surface area contributed by atoms with Gasteiger partial charge in [-0.25, -0.2) is 8.42 Å². The Morgan fingerprint density at radius 2 is 1.90 bits per heavy atom. The monoisotopic (exact) mass is 319 g/mol. The van der Waals surface area contributed by atoms with E-state index in [0.29, 0.717) is 12.6 Å². The topological polar surface area (TPSA) is 77.4 Å². The van der Waals surface area contributed by atoms with Gasteiger partial charge in [0.25, 0.3) is 0 Å². The molecule has 0 unspecified atom stereocenters. The zero-order chi connectivity index (χ0) is 15.4.